The van der Waals surface area contributed by atoms with E-state index < -0.39 is 36.3 Å². The Balaban J connectivity index is 1.74. The van der Waals surface area contributed by atoms with E-state index in [9.17, 15) is 24.3 Å². The Morgan fingerprint density at radius 2 is 1.43 bits per heavy atom. The van der Waals surface area contributed by atoms with Gasteiger partial charge >= 0.3 is 5.97 Å². The zero-order chi connectivity index (χ0) is 28.6. The summed E-state index contributed by atoms with van der Waals surface area (Å²) in [6.07, 6.45) is 9.20. The van der Waals surface area contributed by atoms with Crippen molar-refractivity contribution in [3.8, 4) is 5.75 Å². The molecular formula is C31H41N3O6. The fourth-order valence-corrected chi connectivity index (χ4v) is 4.70. The molecule has 2 atom stereocenters. The molecule has 40 heavy (non-hydrogen) atoms. The number of fused-ring (bicyclic) bond motifs is 1. The van der Waals surface area contributed by atoms with Crippen molar-refractivity contribution in [2.45, 2.75) is 82.7 Å². The molecule has 1 heterocycles. The predicted octanol–water partition coefficient (Wildman–Crippen LogP) is 4.01. The van der Waals surface area contributed by atoms with Crippen LogP contribution in [0.3, 0.4) is 0 Å². The lowest BCUT2D eigenvalue weighted by atomic mass is 10.0. The summed E-state index contributed by atoms with van der Waals surface area (Å²) in [5, 5.41) is 17.8. The molecular weight excluding hydrogens is 510 g/mol. The predicted molar refractivity (Wildman–Crippen MR) is 152 cm³/mol. The highest BCUT2D eigenvalue weighted by Crippen LogP contribution is 2.19. The lowest BCUT2D eigenvalue weighted by Gasteiger charge is -2.21. The Kier molecular flexibility index (Phi) is 13.0. The standard InChI is InChI=1S/C31H41N3O6/c35-28-22-26(31(38)39)34-29(36)24-17-11-12-18-27(24)40-20-14-7-5-3-1-2-4-6-13-19-32-30(37)25(33-28)21-23-15-9-8-10-16-23/h8-12,15-18,25-26H,1-7,13-14,19-22H2,(H,32,37)(H,33,35)(H,34,36)(H,38,39)/t25-,26-/m0/s1. The number of carbonyl (C=O) groups is 4. The van der Waals surface area contributed by atoms with Gasteiger partial charge in [0.2, 0.25) is 11.8 Å². The first-order valence-electron chi connectivity index (χ1n) is 14.3. The molecule has 0 saturated carbocycles. The summed E-state index contributed by atoms with van der Waals surface area (Å²) in [6.45, 7) is 0.964. The summed E-state index contributed by atoms with van der Waals surface area (Å²) >= 11 is 0. The van der Waals surface area contributed by atoms with Crippen molar-refractivity contribution in [2.24, 2.45) is 0 Å². The molecule has 3 rings (SSSR count). The molecule has 0 aliphatic carbocycles. The topological polar surface area (TPSA) is 134 Å². The molecule has 3 amide bonds. The lowest BCUT2D eigenvalue weighted by molar-refractivity contribution is -0.141. The maximum absolute atomic E-state index is 13.0. The van der Waals surface area contributed by atoms with Gasteiger partial charge in [0.05, 0.1) is 18.6 Å². The largest absolute Gasteiger partial charge is 0.493 e. The van der Waals surface area contributed by atoms with Gasteiger partial charge in [-0.25, -0.2) is 4.79 Å². The molecule has 0 radical (unpaired) electrons. The van der Waals surface area contributed by atoms with Crippen LogP contribution in [0.15, 0.2) is 54.6 Å². The van der Waals surface area contributed by atoms with E-state index in [1.807, 2.05) is 30.3 Å². The van der Waals surface area contributed by atoms with Crippen LogP contribution in [0.4, 0.5) is 0 Å². The van der Waals surface area contributed by atoms with Gasteiger partial charge in [0.15, 0.2) is 0 Å². The molecule has 1 aliphatic rings. The number of aliphatic carboxylic acids is 1. The highest BCUT2D eigenvalue weighted by Gasteiger charge is 2.28. The summed E-state index contributed by atoms with van der Waals surface area (Å²) < 4.78 is 5.85. The van der Waals surface area contributed by atoms with Crippen LogP contribution < -0.4 is 20.7 Å². The third-order valence-electron chi connectivity index (χ3n) is 6.94. The monoisotopic (exact) mass is 551 g/mol. The van der Waals surface area contributed by atoms with Crippen LogP contribution in [-0.2, 0) is 20.8 Å². The summed E-state index contributed by atoms with van der Waals surface area (Å²) in [6, 6.07) is 13.6. The van der Waals surface area contributed by atoms with Gasteiger partial charge in [-0.3, -0.25) is 14.4 Å². The zero-order valence-corrected chi connectivity index (χ0v) is 23.0. The third-order valence-corrected chi connectivity index (χ3v) is 6.94. The molecule has 0 unspecified atom stereocenters. The molecule has 2 aromatic carbocycles. The number of rotatable bonds is 3. The van der Waals surface area contributed by atoms with Crippen LogP contribution >= 0.6 is 0 Å². The van der Waals surface area contributed by atoms with Crippen molar-refractivity contribution in [3.05, 3.63) is 65.7 Å². The normalized spacial score (nSPS) is 21.1. The number of benzene rings is 2. The van der Waals surface area contributed by atoms with E-state index in [1.54, 1.807) is 24.3 Å². The van der Waals surface area contributed by atoms with Crippen LogP contribution in [0.5, 0.6) is 5.75 Å². The van der Waals surface area contributed by atoms with E-state index in [0.717, 1.165) is 56.9 Å². The van der Waals surface area contributed by atoms with Crippen LogP contribution in [-0.4, -0.2) is 54.0 Å². The van der Waals surface area contributed by atoms with E-state index in [1.165, 1.54) is 6.42 Å². The van der Waals surface area contributed by atoms with E-state index in [2.05, 4.69) is 16.0 Å². The van der Waals surface area contributed by atoms with Gasteiger partial charge < -0.3 is 25.8 Å². The number of carboxylic acid groups (broad SMARTS) is 1. The fourth-order valence-electron chi connectivity index (χ4n) is 4.70. The Labute approximate surface area is 236 Å². The van der Waals surface area contributed by atoms with Crippen molar-refractivity contribution < 1.29 is 29.0 Å². The summed E-state index contributed by atoms with van der Waals surface area (Å²) in [5.74, 6) is -2.60. The first-order valence-corrected chi connectivity index (χ1v) is 14.3. The van der Waals surface area contributed by atoms with E-state index in [4.69, 9.17) is 4.74 Å². The van der Waals surface area contributed by atoms with Gasteiger partial charge in [0, 0.05) is 13.0 Å². The van der Waals surface area contributed by atoms with Crippen LogP contribution in [0, 0.1) is 0 Å². The molecule has 0 saturated heterocycles. The van der Waals surface area contributed by atoms with Crippen molar-refractivity contribution in [1.29, 1.82) is 0 Å². The van der Waals surface area contributed by atoms with Crippen molar-refractivity contribution in [2.75, 3.05) is 13.2 Å². The fraction of sp³-hybridized carbons (Fsp3) is 0.484. The second-order valence-electron chi connectivity index (χ2n) is 10.2. The first-order chi connectivity index (χ1) is 19.4. The minimum absolute atomic E-state index is 0.203. The second kappa shape index (κ2) is 16.9. The summed E-state index contributed by atoms with van der Waals surface area (Å²) in [4.78, 5) is 51.0. The number of hydrogen-bond acceptors (Lipinski definition) is 5. The van der Waals surface area contributed by atoms with Crippen LogP contribution in [0.1, 0.15) is 80.1 Å². The van der Waals surface area contributed by atoms with Crippen LogP contribution in [0.2, 0.25) is 0 Å². The number of nitrogens with one attached hydrogen (secondary N) is 3. The minimum Gasteiger partial charge on any atom is -0.493 e. The van der Waals surface area contributed by atoms with Gasteiger partial charge in [-0.15, -0.1) is 0 Å². The van der Waals surface area contributed by atoms with Gasteiger partial charge in [0.25, 0.3) is 5.91 Å². The number of carbonyl (C=O) groups excluding carboxylic acids is 3. The van der Waals surface area contributed by atoms with E-state index >= 15 is 0 Å². The second-order valence-corrected chi connectivity index (χ2v) is 10.2. The molecule has 0 aromatic heterocycles. The Hall–Kier alpha value is -3.88. The summed E-state index contributed by atoms with van der Waals surface area (Å²) in [5.41, 5.74) is 1.06. The molecule has 0 spiro atoms. The van der Waals surface area contributed by atoms with Crippen molar-refractivity contribution in [1.82, 2.24) is 16.0 Å². The Morgan fingerprint density at radius 1 is 0.800 bits per heavy atom. The maximum Gasteiger partial charge on any atom is 0.326 e. The third kappa shape index (κ3) is 10.7. The maximum atomic E-state index is 13.0. The molecule has 4 N–H and O–H groups in total. The SMILES string of the molecule is O=C1C[C@@H](C(=O)O)NC(=O)c2ccccc2OCCCCCCCCCCCNC(=O)[C@H](Cc2ccccc2)N1. The minimum atomic E-state index is -1.48. The molecule has 1 aliphatic heterocycles. The van der Waals surface area contributed by atoms with E-state index in [0.29, 0.717) is 18.9 Å². The summed E-state index contributed by atoms with van der Waals surface area (Å²) in [7, 11) is 0. The first kappa shape index (κ1) is 30.7. The van der Waals surface area contributed by atoms with Crippen molar-refractivity contribution in [3.63, 3.8) is 0 Å². The number of carboxylic acids is 1. The average Bonchev–Trinajstić information content (AvgIpc) is 2.94. The van der Waals surface area contributed by atoms with Crippen LogP contribution in [0.25, 0.3) is 0 Å². The number of para-hydroxylation sites is 1. The van der Waals surface area contributed by atoms with Gasteiger partial charge in [0.1, 0.15) is 17.8 Å². The number of amides is 3. The Bertz CT molecular complexity index is 1110. The average molecular weight is 552 g/mol. The van der Waals surface area contributed by atoms with Gasteiger partial charge in [-0.05, 0) is 30.5 Å². The zero-order valence-electron chi connectivity index (χ0n) is 23.0. The highest BCUT2D eigenvalue weighted by atomic mass is 16.5. The molecule has 9 heteroatoms. The molecule has 0 fully saturated rings. The molecule has 2 aromatic rings. The van der Waals surface area contributed by atoms with Gasteiger partial charge in [-0.1, -0.05) is 87.4 Å². The van der Waals surface area contributed by atoms with E-state index in [-0.39, 0.29) is 17.9 Å². The Morgan fingerprint density at radius 3 is 2.12 bits per heavy atom. The molecule has 9 nitrogen and oxygen atoms in total. The highest BCUT2D eigenvalue weighted by molar-refractivity contribution is 6.00. The quantitative estimate of drug-likeness (QED) is 0.456. The number of ether oxygens (including phenoxy) is 1. The van der Waals surface area contributed by atoms with Gasteiger partial charge in [-0.2, -0.15) is 0 Å². The smallest absolute Gasteiger partial charge is 0.326 e. The lowest BCUT2D eigenvalue weighted by Crippen LogP contribution is -2.51. The number of hydrogen-bond donors (Lipinski definition) is 4. The molecule has 216 valence electrons. The van der Waals surface area contributed by atoms with Crippen molar-refractivity contribution >= 4 is 23.7 Å². The molecule has 0 bridgehead atoms.